The second-order valence-electron chi connectivity index (χ2n) is 3.64. The van der Waals surface area contributed by atoms with Crippen LogP contribution in [0.2, 0.25) is 0 Å². The number of rotatable bonds is 2. The third-order valence-electron chi connectivity index (χ3n) is 2.12. The lowest BCUT2D eigenvalue weighted by Gasteiger charge is -2.13. The average Bonchev–Trinajstić information content (AvgIpc) is 2.08. The minimum atomic E-state index is -4.79. The predicted molar refractivity (Wildman–Crippen MR) is 55.3 cm³/mol. The lowest BCUT2D eigenvalue weighted by molar-refractivity contribution is 0.368. The summed E-state index contributed by atoms with van der Waals surface area (Å²) in [4.78, 5) is -1.09. The molecule has 0 heterocycles. The number of aromatic hydroxyl groups is 3. The lowest BCUT2D eigenvalue weighted by atomic mass is 10.0. The molecule has 0 unspecified atom stereocenters. The van der Waals surface area contributed by atoms with Gasteiger partial charge in [-0.2, -0.15) is 8.42 Å². The third-order valence-corrected chi connectivity index (χ3v) is 3.04. The van der Waals surface area contributed by atoms with Gasteiger partial charge in [-0.1, -0.05) is 13.8 Å². The maximum atomic E-state index is 10.8. The maximum absolute atomic E-state index is 10.8. The first-order chi connectivity index (χ1) is 7.16. The molecule has 0 aliphatic carbocycles. The van der Waals surface area contributed by atoms with Crippen molar-refractivity contribution in [2.75, 3.05) is 0 Å². The van der Waals surface area contributed by atoms with E-state index < -0.39 is 32.3 Å². The highest BCUT2D eigenvalue weighted by Crippen LogP contribution is 2.43. The zero-order valence-electron chi connectivity index (χ0n) is 8.67. The van der Waals surface area contributed by atoms with E-state index >= 15 is 0 Å². The monoisotopic (exact) mass is 248 g/mol. The minimum absolute atomic E-state index is 0.183. The molecule has 0 fully saturated rings. The summed E-state index contributed by atoms with van der Waals surface area (Å²) in [5.41, 5.74) is 0.183. The van der Waals surface area contributed by atoms with E-state index in [0.717, 1.165) is 6.07 Å². The number of hydrogen-bond donors (Lipinski definition) is 4. The van der Waals surface area contributed by atoms with Crippen LogP contribution >= 0.6 is 0 Å². The molecule has 0 aliphatic rings. The first-order valence-corrected chi connectivity index (χ1v) is 5.85. The molecule has 0 aromatic heterocycles. The van der Waals surface area contributed by atoms with E-state index in [1.165, 1.54) is 0 Å². The molecule has 16 heavy (non-hydrogen) atoms. The van der Waals surface area contributed by atoms with Crippen LogP contribution in [-0.2, 0) is 10.1 Å². The fourth-order valence-corrected chi connectivity index (χ4v) is 2.01. The predicted octanol–water partition coefficient (Wildman–Crippen LogP) is 1.17. The zero-order valence-corrected chi connectivity index (χ0v) is 9.48. The van der Waals surface area contributed by atoms with Crippen molar-refractivity contribution >= 4 is 10.1 Å². The van der Waals surface area contributed by atoms with Crippen LogP contribution in [0.1, 0.15) is 25.3 Å². The summed E-state index contributed by atoms with van der Waals surface area (Å²) >= 11 is 0. The molecular formula is C9H12O6S. The van der Waals surface area contributed by atoms with E-state index in [1.54, 1.807) is 13.8 Å². The molecule has 1 rings (SSSR count). The van der Waals surface area contributed by atoms with Crippen LogP contribution in [0.4, 0.5) is 0 Å². The Morgan fingerprint density at radius 1 is 1.12 bits per heavy atom. The first-order valence-electron chi connectivity index (χ1n) is 4.41. The van der Waals surface area contributed by atoms with Gasteiger partial charge in [-0.3, -0.25) is 4.55 Å². The summed E-state index contributed by atoms with van der Waals surface area (Å²) < 4.78 is 30.4. The molecule has 6 nitrogen and oxygen atoms in total. The smallest absolute Gasteiger partial charge is 0.302 e. The van der Waals surface area contributed by atoms with Crippen molar-refractivity contribution in [2.24, 2.45) is 0 Å². The van der Waals surface area contributed by atoms with Gasteiger partial charge in [0.1, 0.15) is 5.75 Å². The summed E-state index contributed by atoms with van der Waals surface area (Å²) in [5, 5.41) is 28.3. The van der Waals surface area contributed by atoms with Crippen LogP contribution in [0.3, 0.4) is 0 Å². The van der Waals surface area contributed by atoms with Gasteiger partial charge in [0.15, 0.2) is 16.4 Å². The second-order valence-corrected chi connectivity index (χ2v) is 5.00. The maximum Gasteiger partial charge on any atom is 0.302 e. The zero-order chi connectivity index (χ0) is 12.7. The van der Waals surface area contributed by atoms with Crippen LogP contribution in [0.25, 0.3) is 0 Å². The Bertz CT molecular complexity index is 517. The molecule has 0 bridgehead atoms. The van der Waals surface area contributed by atoms with Gasteiger partial charge >= 0.3 is 10.1 Å². The molecule has 0 radical (unpaired) electrons. The lowest BCUT2D eigenvalue weighted by Crippen LogP contribution is -2.01. The third kappa shape index (κ3) is 2.05. The molecule has 0 spiro atoms. The Labute approximate surface area is 92.5 Å². The molecule has 4 N–H and O–H groups in total. The summed E-state index contributed by atoms with van der Waals surface area (Å²) in [6.07, 6.45) is 0. The Hall–Kier alpha value is -1.47. The van der Waals surface area contributed by atoms with E-state index in [0.29, 0.717) is 0 Å². The molecule has 90 valence electrons. The first kappa shape index (κ1) is 12.6. The highest BCUT2D eigenvalue weighted by molar-refractivity contribution is 7.86. The van der Waals surface area contributed by atoms with Gasteiger partial charge in [-0.15, -0.1) is 0 Å². The van der Waals surface area contributed by atoms with Crippen molar-refractivity contribution in [1.29, 1.82) is 0 Å². The van der Waals surface area contributed by atoms with E-state index in [2.05, 4.69) is 0 Å². The van der Waals surface area contributed by atoms with Crippen molar-refractivity contribution in [3.05, 3.63) is 11.6 Å². The molecule has 0 saturated heterocycles. The van der Waals surface area contributed by atoms with Crippen molar-refractivity contribution in [3.63, 3.8) is 0 Å². The van der Waals surface area contributed by atoms with Crippen molar-refractivity contribution in [3.8, 4) is 17.2 Å². The summed E-state index contributed by atoms with van der Waals surface area (Å²) in [7, 11) is -4.79. The molecule has 7 heteroatoms. The normalized spacial score (nSPS) is 12.0. The minimum Gasteiger partial charge on any atom is -0.506 e. The van der Waals surface area contributed by atoms with Gasteiger partial charge in [0.2, 0.25) is 0 Å². The second kappa shape index (κ2) is 3.84. The fourth-order valence-electron chi connectivity index (χ4n) is 1.34. The van der Waals surface area contributed by atoms with Gasteiger partial charge in [0, 0.05) is 5.56 Å². The van der Waals surface area contributed by atoms with E-state index in [9.17, 15) is 23.7 Å². The SMILES string of the molecule is CC(C)c1cc(O)c(S(=O)(=O)O)c(O)c1O. The van der Waals surface area contributed by atoms with Crippen LogP contribution < -0.4 is 0 Å². The Morgan fingerprint density at radius 3 is 2.00 bits per heavy atom. The summed E-state index contributed by atoms with van der Waals surface area (Å²) in [5.74, 6) is -2.75. The molecule has 0 saturated carbocycles. The Balaban J connectivity index is 3.66. The Morgan fingerprint density at radius 2 is 1.62 bits per heavy atom. The van der Waals surface area contributed by atoms with Crippen LogP contribution in [-0.4, -0.2) is 28.3 Å². The van der Waals surface area contributed by atoms with Gasteiger partial charge in [-0.25, -0.2) is 0 Å². The average molecular weight is 248 g/mol. The molecule has 0 aliphatic heterocycles. The summed E-state index contributed by atoms with van der Waals surface area (Å²) in [6.45, 7) is 3.36. The number of hydrogen-bond acceptors (Lipinski definition) is 5. The van der Waals surface area contributed by atoms with Gasteiger partial charge in [0.25, 0.3) is 0 Å². The standard InChI is InChI=1S/C9H12O6S/c1-4(2)5-3-6(10)9(16(13,14)15)8(12)7(5)11/h3-4,10-12H,1-2H3,(H,13,14,15). The number of phenolic OH excluding ortho intramolecular Hbond substituents is 3. The van der Waals surface area contributed by atoms with E-state index in [1.807, 2.05) is 0 Å². The highest BCUT2D eigenvalue weighted by Gasteiger charge is 2.26. The molecule has 0 amide bonds. The largest absolute Gasteiger partial charge is 0.506 e. The number of phenols is 3. The highest BCUT2D eigenvalue weighted by atomic mass is 32.2. The molecular weight excluding hydrogens is 236 g/mol. The Kier molecular flexibility index (Phi) is 3.02. The van der Waals surface area contributed by atoms with Crippen LogP contribution in [0.5, 0.6) is 17.2 Å². The van der Waals surface area contributed by atoms with Gasteiger partial charge in [0.05, 0.1) is 0 Å². The molecule has 1 aromatic rings. The van der Waals surface area contributed by atoms with Crippen molar-refractivity contribution < 1.29 is 28.3 Å². The van der Waals surface area contributed by atoms with Crippen molar-refractivity contribution in [2.45, 2.75) is 24.7 Å². The molecule has 1 aromatic carbocycles. The number of benzene rings is 1. The van der Waals surface area contributed by atoms with E-state index in [4.69, 9.17) is 4.55 Å². The summed E-state index contributed by atoms with van der Waals surface area (Å²) in [6, 6.07) is 0.989. The fraction of sp³-hybridized carbons (Fsp3) is 0.333. The van der Waals surface area contributed by atoms with Crippen LogP contribution in [0.15, 0.2) is 11.0 Å². The molecule has 0 atom stereocenters. The van der Waals surface area contributed by atoms with Crippen molar-refractivity contribution in [1.82, 2.24) is 0 Å². The van der Waals surface area contributed by atoms with Crippen LogP contribution in [0, 0.1) is 0 Å². The topological polar surface area (TPSA) is 115 Å². The van der Waals surface area contributed by atoms with Gasteiger partial charge < -0.3 is 15.3 Å². The van der Waals surface area contributed by atoms with Gasteiger partial charge in [-0.05, 0) is 12.0 Å². The van der Waals surface area contributed by atoms with E-state index in [-0.39, 0.29) is 11.5 Å². The quantitative estimate of drug-likeness (QED) is 0.355.